The molecule has 40 heavy (non-hydrogen) atoms. The molecule has 0 N–H and O–H groups in total. The predicted octanol–water partition coefficient (Wildman–Crippen LogP) is 7.75. The number of fused-ring (bicyclic) bond motifs is 2. The van der Waals surface area contributed by atoms with Gasteiger partial charge in [-0.3, -0.25) is 9.59 Å². The van der Waals surface area contributed by atoms with Crippen LogP contribution in [0.2, 0.25) is 0 Å². The van der Waals surface area contributed by atoms with Gasteiger partial charge in [-0.15, -0.1) is 22.7 Å². The van der Waals surface area contributed by atoms with Crippen LogP contribution in [0.4, 0.5) is 0 Å². The molecule has 198 valence electrons. The third-order valence-corrected chi connectivity index (χ3v) is 8.18. The Balaban J connectivity index is 1.16. The lowest BCUT2D eigenvalue weighted by Crippen LogP contribution is -2.10. The van der Waals surface area contributed by atoms with Crippen molar-refractivity contribution in [2.24, 2.45) is 9.98 Å². The smallest absolute Gasteiger partial charge is 0.248 e. The Morgan fingerprint density at radius 3 is 1.48 bits per heavy atom. The fourth-order valence-corrected chi connectivity index (χ4v) is 5.88. The highest BCUT2D eigenvalue weighted by atomic mass is 32.1. The number of carbonyl (C=O) groups is 2. The lowest BCUT2D eigenvalue weighted by molar-refractivity contribution is -0.120. The third kappa shape index (κ3) is 5.78. The molecule has 6 rings (SSSR count). The number of rotatable bonds is 7. The highest BCUT2D eigenvalue weighted by Crippen LogP contribution is 2.26. The maximum absolute atomic E-state index is 12.8. The van der Waals surface area contributed by atoms with Crippen molar-refractivity contribution in [3.05, 3.63) is 107 Å². The van der Waals surface area contributed by atoms with Crippen molar-refractivity contribution in [3.8, 4) is 20.9 Å². The first-order valence-corrected chi connectivity index (χ1v) is 14.7. The molecule has 0 aliphatic rings. The summed E-state index contributed by atoms with van der Waals surface area (Å²) in [5, 5.41) is 5.85. The minimum absolute atomic E-state index is 0.209. The number of hydrogen-bond acceptors (Lipinski definition) is 6. The maximum Gasteiger partial charge on any atom is 0.248 e. The summed E-state index contributed by atoms with van der Waals surface area (Å²) in [6.45, 7) is 0. The Kier molecular flexibility index (Phi) is 7.61. The van der Waals surface area contributed by atoms with Gasteiger partial charge in [-0.1, -0.05) is 48.5 Å². The molecule has 0 unspecified atom stereocenters. The van der Waals surface area contributed by atoms with Gasteiger partial charge in [0.05, 0.1) is 11.1 Å². The van der Waals surface area contributed by atoms with Crippen LogP contribution in [0.1, 0.15) is 25.7 Å². The van der Waals surface area contributed by atoms with Crippen LogP contribution in [-0.4, -0.2) is 11.8 Å². The summed E-state index contributed by atoms with van der Waals surface area (Å²) in [6.07, 6.45) is 1.44. The second-order valence-corrected chi connectivity index (χ2v) is 11.1. The van der Waals surface area contributed by atoms with Gasteiger partial charge in [-0.05, 0) is 60.0 Å². The molecule has 2 aromatic carbocycles. The Hall–Kier alpha value is -4.40. The average molecular weight is 565 g/mol. The number of unbranched alkanes of at least 4 members (excludes halogenated alkanes) is 1. The van der Waals surface area contributed by atoms with Crippen molar-refractivity contribution >= 4 is 56.4 Å². The van der Waals surface area contributed by atoms with E-state index in [9.17, 15) is 9.59 Å². The molecule has 0 bridgehead atoms. The van der Waals surface area contributed by atoms with Crippen molar-refractivity contribution in [1.29, 1.82) is 0 Å². The molecule has 2 amide bonds. The molecule has 0 aliphatic carbocycles. The minimum Gasteiger partial charge on any atom is -0.438 e. The Morgan fingerprint density at radius 1 is 0.600 bits per heavy atom. The number of para-hydroxylation sites is 2. The van der Waals surface area contributed by atoms with Gasteiger partial charge in [0.15, 0.2) is 0 Å². The summed E-state index contributed by atoms with van der Waals surface area (Å²) in [6, 6.07) is 27.2. The normalized spacial score (nSPS) is 12.4. The molecule has 4 heterocycles. The van der Waals surface area contributed by atoms with E-state index >= 15 is 0 Å². The fourth-order valence-electron chi connectivity index (χ4n) is 4.41. The van der Waals surface area contributed by atoms with Gasteiger partial charge in [-0.25, -0.2) is 0 Å². The standard InChI is InChI=1S/C32H24N2O4S2/c35-29(33-31-23(27-13-7-17-39-27)19-21-9-1-3-11-25(21)37-31)15-5-6-16-30(36)34-32-24(28-14-8-18-40-28)20-22-10-2-4-12-26(22)38-32/h1-4,7-14,17-20H,5-6,15-16H2. The van der Waals surface area contributed by atoms with E-state index in [0.717, 1.165) is 31.7 Å². The number of amides is 2. The quantitative estimate of drug-likeness (QED) is 0.186. The summed E-state index contributed by atoms with van der Waals surface area (Å²) in [7, 11) is 0. The first-order chi connectivity index (χ1) is 19.6. The molecule has 0 spiro atoms. The van der Waals surface area contributed by atoms with E-state index in [1.54, 1.807) is 22.7 Å². The Bertz CT molecular complexity index is 1810. The second kappa shape index (κ2) is 11.8. The lowest BCUT2D eigenvalue weighted by atomic mass is 10.1. The number of thiophene rings is 2. The van der Waals surface area contributed by atoms with Crippen LogP contribution in [0.25, 0.3) is 42.8 Å². The highest BCUT2D eigenvalue weighted by molar-refractivity contribution is 7.13. The summed E-state index contributed by atoms with van der Waals surface area (Å²) in [5.74, 6) is -0.573. The van der Waals surface area contributed by atoms with Crippen molar-refractivity contribution < 1.29 is 18.4 Å². The maximum atomic E-state index is 12.8. The predicted molar refractivity (Wildman–Crippen MR) is 159 cm³/mol. The van der Waals surface area contributed by atoms with Gasteiger partial charge >= 0.3 is 0 Å². The van der Waals surface area contributed by atoms with Gasteiger partial charge in [0.25, 0.3) is 0 Å². The largest absolute Gasteiger partial charge is 0.438 e. The summed E-state index contributed by atoms with van der Waals surface area (Å²) in [5.41, 5.74) is 3.52. The van der Waals surface area contributed by atoms with Crippen molar-refractivity contribution in [2.45, 2.75) is 25.7 Å². The third-order valence-electron chi connectivity index (χ3n) is 6.37. The van der Waals surface area contributed by atoms with E-state index in [1.807, 2.05) is 95.7 Å². The molecule has 0 radical (unpaired) electrons. The van der Waals surface area contributed by atoms with Crippen molar-refractivity contribution in [2.75, 3.05) is 0 Å². The topological polar surface area (TPSA) is 85.1 Å². The van der Waals surface area contributed by atoms with E-state index in [1.165, 1.54) is 0 Å². The van der Waals surface area contributed by atoms with Gasteiger partial charge < -0.3 is 8.83 Å². The fraction of sp³-hybridized carbons (Fsp3) is 0.125. The van der Waals surface area contributed by atoms with Crippen molar-refractivity contribution in [1.82, 2.24) is 0 Å². The average Bonchev–Trinajstić information content (AvgIpc) is 3.70. The summed E-state index contributed by atoms with van der Waals surface area (Å²) >= 11 is 3.13. The molecule has 0 atom stereocenters. The molecule has 6 nitrogen and oxygen atoms in total. The first kappa shape index (κ1) is 25.9. The zero-order valence-corrected chi connectivity index (χ0v) is 23.0. The van der Waals surface area contributed by atoms with Gasteiger partial charge in [0, 0.05) is 33.4 Å². The first-order valence-electron chi connectivity index (χ1n) is 12.9. The summed E-state index contributed by atoms with van der Waals surface area (Å²) in [4.78, 5) is 36.1. The molecule has 0 aliphatic heterocycles. The van der Waals surface area contributed by atoms with Crippen LogP contribution in [0, 0.1) is 0 Å². The highest BCUT2D eigenvalue weighted by Gasteiger charge is 2.11. The van der Waals surface area contributed by atoms with E-state index in [2.05, 4.69) is 9.98 Å². The monoisotopic (exact) mass is 564 g/mol. The van der Waals surface area contributed by atoms with Crippen LogP contribution < -0.4 is 11.1 Å². The number of carbonyl (C=O) groups excluding carboxylic acids is 2. The molecule has 0 fully saturated rings. The zero-order valence-electron chi connectivity index (χ0n) is 21.4. The number of nitrogens with zero attached hydrogens (tertiary/aromatic N) is 2. The van der Waals surface area contributed by atoms with Gasteiger partial charge in [-0.2, -0.15) is 9.98 Å². The van der Waals surface area contributed by atoms with E-state index < -0.39 is 0 Å². The van der Waals surface area contributed by atoms with Crippen LogP contribution in [0.5, 0.6) is 0 Å². The Morgan fingerprint density at radius 2 is 1.05 bits per heavy atom. The van der Waals surface area contributed by atoms with E-state index in [4.69, 9.17) is 8.83 Å². The van der Waals surface area contributed by atoms with E-state index in [-0.39, 0.29) is 24.7 Å². The molecular formula is C32H24N2O4S2. The molecule has 4 aromatic heterocycles. The molecule has 0 saturated carbocycles. The number of benzene rings is 2. The summed E-state index contributed by atoms with van der Waals surface area (Å²) < 4.78 is 12.0. The minimum atomic E-state index is -0.286. The Labute approximate surface area is 237 Å². The molecule has 6 aromatic rings. The van der Waals surface area contributed by atoms with Crippen LogP contribution in [0.3, 0.4) is 0 Å². The van der Waals surface area contributed by atoms with Gasteiger partial charge in [0.1, 0.15) is 11.2 Å². The van der Waals surface area contributed by atoms with Crippen molar-refractivity contribution in [3.63, 3.8) is 0 Å². The van der Waals surface area contributed by atoms with Crippen LogP contribution >= 0.6 is 22.7 Å². The van der Waals surface area contributed by atoms with Gasteiger partial charge in [0.2, 0.25) is 22.9 Å². The molecule has 0 saturated heterocycles. The van der Waals surface area contributed by atoms with E-state index in [0.29, 0.717) is 35.1 Å². The zero-order chi connectivity index (χ0) is 27.3. The van der Waals surface area contributed by atoms with Crippen LogP contribution in [-0.2, 0) is 9.59 Å². The molecular weight excluding hydrogens is 540 g/mol. The molecule has 8 heteroatoms. The number of hydrogen-bond donors (Lipinski definition) is 0. The lowest BCUT2D eigenvalue weighted by Gasteiger charge is -2.03. The SMILES string of the molecule is O=C(CCCCC(=O)N=c1oc2ccccc2cc1-c1cccs1)N=c1oc2ccccc2cc1-c1cccs1. The van der Waals surface area contributed by atoms with Crippen LogP contribution in [0.15, 0.2) is 115 Å². The second-order valence-electron chi connectivity index (χ2n) is 9.18.